The van der Waals surface area contributed by atoms with Gasteiger partial charge < -0.3 is 15.5 Å². The molecule has 1 aliphatic heterocycles. The van der Waals surface area contributed by atoms with E-state index in [2.05, 4.69) is 15.4 Å². The van der Waals surface area contributed by atoms with Crippen molar-refractivity contribution < 1.29 is 17.6 Å². The number of halogens is 1. The Balaban J connectivity index is 1.97. The smallest absolute Gasteiger partial charge is 0.264 e. The Hall–Kier alpha value is -2.65. The molecule has 1 amide bonds. The Morgan fingerprint density at radius 2 is 1.87 bits per heavy atom. The largest absolute Gasteiger partial charge is 0.367 e. The van der Waals surface area contributed by atoms with Crippen LogP contribution in [0.3, 0.4) is 0 Å². The second-order valence-corrected chi connectivity index (χ2v) is 9.26. The molecule has 1 saturated heterocycles. The van der Waals surface area contributed by atoms with Gasteiger partial charge in [-0.05, 0) is 36.2 Å². The zero-order chi connectivity index (χ0) is 21.7. The highest BCUT2D eigenvalue weighted by atomic mass is 32.2. The van der Waals surface area contributed by atoms with Crippen molar-refractivity contribution >= 4 is 27.3 Å². The van der Waals surface area contributed by atoms with E-state index >= 15 is 0 Å². The van der Waals surface area contributed by atoms with E-state index in [1.54, 1.807) is 12.1 Å². The molecule has 9 heteroatoms. The molecule has 0 unspecified atom stereocenters. The number of sulfonamides is 1. The highest BCUT2D eigenvalue weighted by Crippen LogP contribution is 2.30. The van der Waals surface area contributed by atoms with Crippen LogP contribution >= 0.6 is 0 Å². The number of benzene rings is 2. The number of anilines is 2. The predicted molar refractivity (Wildman–Crippen MR) is 116 cm³/mol. The third-order valence-corrected chi connectivity index (χ3v) is 6.16. The molecule has 0 aromatic heterocycles. The zero-order valence-corrected chi connectivity index (χ0v) is 17.9. The molecule has 0 bridgehead atoms. The number of hydrogen-bond acceptors (Lipinski definition) is 5. The van der Waals surface area contributed by atoms with Gasteiger partial charge in [0.2, 0.25) is 0 Å². The van der Waals surface area contributed by atoms with Crippen molar-refractivity contribution in [2.75, 3.05) is 42.3 Å². The van der Waals surface area contributed by atoms with Gasteiger partial charge in [-0.25, -0.2) is 12.8 Å². The minimum absolute atomic E-state index is 0.248. The summed E-state index contributed by atoms with van der Waals surface area (Å²) in [5.41, 5.74) is 1.23. The lowest BCUT2D eigenvalue weighted by Gasteiger charge is -2.31. The van der Waals surface area contributed by atoms with E-state index in [0.717, 1.165) is 19.2 Å². The van der Waals surface area contributed by atoms with Crippen LogP contribution in [-0.2, 0) is 10.0 Å². The van der Waals surface area contributed by atoms with Crippen LogP contribution in [0.2, 0.25) is 0 Å². The Kier molecular flexibility index (Phi) is 6.94. The molecular weight excluding hydrogens is 407 g/mol. The second kappa shape index (κ2) is 9.44. The fourth-order valence-corrected chi connectivity index (χ4v) is 4.35. The molecule has 2 aromatic carbocycles. The van der Waals surface area contributed by atoms with E-state index in [-0.39, 0.29) is 17.5 Å². The number of carbonyl (C=O) groups is 1. The number of nitrogens with zero attached hydrogens (tertiary/aromatic N) is 1. The fraction of sp³-hybridized carbons (Fsp3) is 0.381. The topological polar surface area (TPSA) is 90.5 Å². The first-order chi connectivity index (χ1) is 14.3. The maximum atomic E-state index is 14.1. The summed E-state index contributed by atoms with van der Waals surface area (Å²) in [6.07, 6.45) is 0. The summed E-state index contributed by atoms with van der Waals surface area (Å²) in [5, 5.41) is 6.08. The van der Waals surface area contributed by atoms with Crippen LogP contribution in [0.1, 0.15) is 24.2 Å². The van der Waals surface area contributed by atoms with Crippen molar-refractivity contribution in [3.05, 3.63) is 53.8 Å². The Morgan fingerprint density at radius 1 is 1.17 bits per heavy atom. The van der Waals surface area contributed by atoms with Gasteiger partial charge in [0.15, 0.2) is 0 Å². The average Bonchev–Trinajstić information content (AvgIpc) is 2.72. The first kappa shape index (κ1) is 22.0. The van der Waals surface area contributed by atoms with Crippen LogP contribution in [0, 0.1) is 11.7 Å². The SMILES string of the molecule is CC(C)CNC(=O)c1ccc(N2CCNCC2)c(NS(=O)(=O)c2ccccc2F)c1. The number of piperazine rings is 1. The normalized spacial score (nSPS) is 14.6. The highest BCUT2D eigenvalue weighted by Gasteiger charge is 2.23. The number of hydrogen-bond donors (Lipinski definition) is 3. The summed E-state index contributed by atoms with van der Waals surface area (Å²) in [5.74, 6) is -0.838. The quantitative estimate of drug-likeness (QED) is 0.623. The number of amides is 1. The van der Waals surface area contributed by atoms with Gasteiger partial charge in [0.05, 0.1) is 11.4 Å². The van der Waals surface area contributed by atoms with Crippen molar-refractivity contribution in [2.45, 2.75) is 18.7 Å². The monoisotopic (exact) mass is 434 g/mol. The van der Waals surface area contributed by atoms with Gasteiger partial charge in [0.25, 0.3) is 15.9 Å². The molecule has 2 aromatic rings. The van der Waals surface area contributed by atoms with Crippen LogP contribution in [0.5, 0.6) is 0 Å². The lowest BCUT2D eigenvalue weighted by molar-refractivity contribution is 0.0949. The van der Waals surface area contributed by atoms with Gasteiger partial charge in [-0.15, -0.1) is 0 Å². The van der Waals surface area contributed by atoms with Gasteiger partial charge in [-0.3, -0.25) is 9.52 Å². The zero-order valence-electron chi connectivity index (χ0n) is 17.1. The average molecular weight is 435 g/mol. The number of carbonyl (C=O) groups excluding carboxylic acids is 1. The molecule has 162 valence electrons. The summed E-state index contributed by atoms with van der Waals surface area (Å²) in [7, 11) is -4.17. The van der Waals surface area contributed by atoms with Gasteiger partial charge in [-0.2, -0.15) is 0 Å². The van der Waals surface area contributed by atoms with Gasteiger partial charge in [-0.1, -0.05) is 26.0 Å². The molecule has 3 N–H and O–H groups in total. The summed E-state index contributed by atoms with van der Waals surface area (Å²) in [6, 6.07) is 10.1. The lowest BCUT2D eigenvalue weighted by atomic mass is 10.1. The summed E-state index contributed by atoms with van der Waals surface area (Å²) in [6.45, 7) is 7.38. The predicted octanol–water partition coefficient (Wildman–Crippen LogP) is 2.42. The highest BCUT2D eigenvalue weighted by molar-refractivity contribution is 7.92. The van der Waals surface area contributed by atoms with Crippen LogP contribution in [0.15, 0.2) is 47.4 Å². The number of nitrogens with one attached hydrogen (secondary N) is 3. The lowest BCUT2D eigenvalue weighted by Crippen LogP contribution is -2.43. The molecule has 1 heterocycles. The Bertz CT molecular complexity index is 1010. The Morgan fingerprint density at radius 3 is 2.53 bits per heavy atom. The van der Waals surface area contributed by atoms with Gasteiger partial charge >= 0.3 is 0 Å². The molecule has 0 aliphatic carbocycles. The molecule has 0 radical (unpaired) electrons. The van der Waals surface area contributed by atoms with Crippen molar-refractivity contribution in [3.8, 4) is 0 Å². The van der Waals surface area contributed by atoms with Crippen LogP contribution in [0.4, 0.5) is 15.8 Å². The molecule has 30 heavy (non-hydrogen) atoms. The minimum Gasteiger partial charge on any atom is -0.367 e. The molecule has 1 fully saturated rings. The number of rotatable bonds is 7. The molecule has 7 nitrogen and oxygen atoms in total. The maximum absolute atomic E-state index is 14.1. The maximum Gasteiger partial charge on any atom is 0.264 e. The van der Waals surface area contributed by atoms with Gasteiger partial charge in [0, 0.05) is 38.3 Å². The van der Waals surface area contributed by atoms with Crippen molar-refractivity contribution in [1.29, 1.82) is 0 Å². The summed E-state index contributed by atoms with van der Waals surface area (Å²) in [4.78, 5) is 14.1. The second-order valence-electron chi connectivity index (χ2n) is 7.61. The van der Waals surface area contributed by atoms with Crippen LogP contribution in [0.25, 0.3) is 0 Å². The van der Waals surface area contributed by atoms with Crippen LogP contribution in [-0.4, -0.2) is 47.0 Å². The van der Waals surface area contributed by atoms with E-state index in [9.17, 15) is 17.6 Å². The summed E-state index contributed by atoms with van der Waals surface area (Å²) >= 11 is 0. The van der Waals surface area contributed by atoms with Crippen molar-refractivity contribution in [3.63, 3.8) is 0 Å². The van der Waals surface area contributed by atoms with E-state index < -0.39 is 20.7 Å². The molecule has 0 saturated carbocycles. The van der Waals surface area contributed by atoms with Crippen LogP contribution < -0.4 is 20.3 Å². The summed E-state index contributed by atoms with van der Waals surface area (Å²) < 4.78 is 42.4. The Labute approximate surface area is 176 Å². The van der Waals surface area contributed by atoms with E-state index in [1.165, 1.54) is 24.3 Å². The fourth-order valence-electron chi connectivity index (χ4n) is 3.20. The van der Waals surface area contributed by atoms with Gasteiger partial charge in [0.1, 0.15) is 10.7 Å². The van der Waals surface area contributed by atoms with E-state index in [0.29, 0.717) is 30.9 Å². The third kappa shape index (κ3) is 5.28. The molecule has 3 rings (SSSR count). The van der Waals surface area contributed by atoms with Crippen molar-refractivity contribution in [2.24, 2.45) is 5.92 Å². The first-order valence-electron chi connectivity index (χ1n) is 9.93. The molecule has 1 aliphatic rings. The van der Waals surface area contributed by atoms with E-state index in [1.807, 2.05) is 18.7 Å². The third-order valence-electron chi connectivity index (χ3n) is 4.76. The van der Waals surface area contributed by atoms with E-state index in [4.69, 9.17) is 0 Å². The molecule has 0 spiro atoms. The first-order valence-corrected chi connectivity index (χ1v) is 11.4. The molecular formula is C21H27FN4O3S. The standard InChI is InChI=1S/C21H27FN4O3S/c1-15(2)14-24-21(27)16-7-8-19(26-11-9-23-10-12-26)18(13-16)25-30(28,29)20-6-4-3-5-17(20)22/h3-8,13,15,23,25H,9-12,14H2,1-2H3,(H,24,27). The van der Waals surface area contributed by atoms with Crippen molar-refractivity contribution in [1.82, 2.24) is 10.6 Å². The molecule has 0 atom stereocenters. The minimum atomic E-state index is -4.17.